The molecule has 0 saturated carbocycles. The number of likely N-dealkylation sites (N-methyl/N-ethyl adjacent to an activating group) is 1. The molecule has 0 atom stereocenters. The van der Waals surface area contributed by atoms with E-state index < -0.39 is 5.82 Å². The molecule has 1 fully saturated rings. The lowest BCUT2D eigenvalue weighted by molar-refractivity contribution is 0.215. The molecule has 0 N–H and O–H groups in total. The first-order valence-corrected chi connectivity index (χ1v) is 8.28. The molecule has 0 aliphatic carbocycles. The fourth-order valence-electron chi connectivity index (χ4n) is 3.00. The number of para-hydroxylation sites is 1. The molecule has 0 bridgehead atoms. The fraction of sp³-hybridized carbons (Fsp3) is 0.278. The SMILES string of the molecule is CN1CCN(C2=Nc3cccc(F)c3Oc3ccc(Cl)cc32)CC1. The molecule has 0 radical (unpaired) electrons. The maximum absolute atomic E-state index is 14.2. The third kappa shape index (κ3) is 2.74. The third-order valence-corrected chi connectivity index (χ3v) is 4.60. The standard InChI is InChI=1S/C18H17ClFN3O/c1-22-7-9-23(10-8-22)18-13-11-12(19)5-6-16(13)24-17-14(20)3-2-4-15(17)21-18/h2-6,11H,7-10H2,1H3. The van der Waals surface area contributed by atoms with E-state index in [2.05, 4.69) is 16.8 Å². The van der Waals surface area contributed by atoms with E-state index in [4.69, 9.17) is 21.3 Å². The zero-order valence-corrected chi connectivity index (χ0v) is 14.1. The Balaban J connectivity index is 1.87. The van der Waals surface area contributed by atoms with E-state index in [0.717, 1.165) is 37.6 Å². The van der Waals surface area contributed by atoms with E-state index in [-0.39, 0.29) is 5.75 Å². The zero-order valence-electron chi connectivity index (χ0n) is 13.3. The maximum atomic E-state index is 14.2. The molecule has 4 nitrogen and oxygen atoms in total. The van der Waals surface area contributed by atoms with Crippen LogP contribution in [0.4, 0.5) is 10.1 Å². The van der Waals surface area contributed by atoms with Crippen molar-refractivity contribution in [2.75, 3.05) is 33.2 Å². The predicted octanol–water partition coefficient (Wildman–Crippen LogP) is 3.91. The van der Waals surface area contributed by atoms with Gasteiger partial charge >= 0.3 is 0 Å². The molecule has 0 aromatic heterocycles. The molecule has 2 heterocycles. The van der Waals surface area contributed by atoms with Crippen LogP contribution in [0.1, 0.15) is 5.56 Å². The normalized spacial score (nSPS) is 17.5. The average Bonchev–Trinajstić information content (AvgIpc) is 2.73. The maximum Gasteiger partial charge on any atom is 0.188 e. The summed E-state index contributed by atoms with van der Waals surface area (Å²) in [5, 5.41) is 0.602. The number of halogens is 2. The molecule has 24 heavy (non-hydrogen) atoms. The molecule has 2 aliphatic rings. The Kier molecular flexibility index (Phi) is 3.90. The average molecular weight is 346 g/mol. The second-order valence-corrected chi connectivity index (χ2v) is 6.49. The van der Waals surface area contributed by atoms with Gasteiger partial charge in [-0.1, -0.05) is 17.7 Å². The lowest BCUT2D eigenvalue weighted by Crippen LogP contribution is -2.47. The molecule has 2 aromatic carbocycles. The molecule has 2 aliphatic heterocycles. The molecule has 6 heteroatoms. The van der Waals surface area contributed by atoms with E-state index in [0.29, 0.717) is 16.5 Å². The van der Waals surface area contributed by atoms with Crippen LogP contribution in [0.3, 0.4) is 0 Å². The van der Waals surface area contributed by atoms with Gasteiger partial charge in [-0.2, -0.15) is 0 Å². The van der Waals surface area contributed by atoms with Crippen molar-refractivity contribution >= 4 is 23.1 Å². The van der Waals surface area contributed by atoms with Gasteiger partial charge in [0, 0.05) is 31.2 Å². The monoisotopic (exact) mass is 345 g/mol. The number of ether oxygens (including phenoxy) is 1. The van der Waals surface area contributed by atoms with E-state index in [1.165, 1.54) is 6.07 Å². The number of hydrogen-bond acceptors (Lipinski definition) is 4. The summed E-state index contributed by atoms with van der Waals surface area (Å²) in [6.45, 7) is 3.61. The van der Waals surface area contributed by atoms with Crippen molar-refractivity contribution in [2.45, 2.75) is 0 Å². The van der Waals surface area contributed by atoms with Crippen molar-refractivity contribution in [3.8, 4) is 11.5 Å². The predicted molar refractivity (Wildman–Crippen MR) is 93.2 cm³/mol. The van der Waals surface area contributed by atoms with Crippen LogP contribution in [-0.4, -0.2) is 48.9 Å². The molecule has 0 spiro atoms. The number of hydrogen-bond donors (Lipinski definition) is 0. The Labute approximate surface area is 145 Å². The van der Waals surface area contributed by atoms with Crippen LogP contribution >= 0.6 is 11.6 Å². The molecule has 4 rings (SSSR count). The van der Waals surface area contributed by atoms with Gasteiger partial charge in [-0.25, -0.2) is 9.38 Å². The van der Waals surface area contributed by atoms with Crippen molar-refractivity contribution in [1.29, 1.82) is 0 Å². The van der Waals surface area contributed by atoms with Crippen molar-refractivity contribution < 1.29 is 9.13 Å². The fourth-order valence-corrected chi connectivity index (χ4v) is 3.17. The smallest absolute Gasteiger partial charge is 0.188 e. The number of piperazine rings is 1. The van der Waals surface area contributed by atoms with Gasteiger partial charge in [-0.05, 0) is 37.4 Å². The summed E-state index contributed by atoms with van der Waals surface area (Å²) in [5.74, 6) is 1.09. The Bertz CT molecular complexity index is 816. The number of nitrogens with zero attached hydrogens (tertiary/aromatic N) is 3. The van der Waals surface area contributed by atoms with E-state index in [1.54, 1.807) is 24.3 Å². The van der Waals surface area contributed by atoms with Crippen LogP contribution in [0.5, 0.6) is 11.5 Å². The van der Waals surface area contributed by atoms with E-state index in [1.807, 2.05) is 6.07 Å². The second kappa shape index (κ2) is 6.07. The topological polar surface area (TPSA) is 28.1 Å². The highest BCUT2D eigenvalue weighted by Crippen LogP contribution is 2.40. The van der Waals surface area contributed by atoms with Crippen molar-refractivity contribution in [1.82, 2.24) is 9.80 Å². The van der Waals surface area contributed by atoms with Crippen LogP contribution < -0.4 is 4.74 Å². The van der Waals surface area contributed by atoms with Crippen molar-refractivity contribution in [3.63, 3.8) is 0 Å². The van der Waals surface area contributed by atoms with Gasteiger partial charge in [0.05, 0.1) is 5.56 Å². The molecule has 0 unspecified atom stereocenters. The summed E-state index contributed by atoms with van der Waals surface area (Å²) < 4.78 is 20.1. The molecule has 124 valence electrons. The number of amidine groups is 1. The van der Waals surface area contributed by atoms with Gasteiger partial charge < -0.3 is 14.5 Å². The summed E-state index contributed by atoms with van der Waals surface area (Å²) in [5.41, 5.74) is 1.29. The number of benzene rings is 2. The minimum absolute atomic E-state index is 0.158. The molecular weight excluding hydrogens is 329 g/mol. The Morgan fingerprint density at radius 1 is 1.12 bits per heavy atom. The number of rotatable bonds is 0. The molecule has 1 saturated heterocycles. The van der Waals surface area contributed by atoms with Gasteiger partial charge in [0.2, 0.25) is 0 Å². The highest BCUT2D eigenvalue weighted by Gasteiger charge is 2.26. The third-order valence-electron chi connectivity index (χ3n) is 4.37. The lowest BCUT2D eigenvalue weighted by Gasteiger charge is -2.34. The minimum atomic E-state index is -0.420. The summed E-state index contributed by atoms with van der Waals surface area (Å²) in [4.78, 5) is 9.21. The highest BCUT2D eigenvalue weighted by atomic mass is 35.5. The van der Waals surface area contributed by atoms with Gasteiger partial charge in [-0.15, -0.1) is 0 Å². The summed E-state index contributed by atoms with van der Waals surface area (Å²) >= 11 is 6.19. The molecular formula is C18H17ClFN3O. The first-order valence-electron chi connectivity index (χ1n) is 7.90. The van der Waals surface area contributed by atoms with E-state index >= 15 is 0 Å². The Morgan fingerprint density at radius 2 is 1.92 bits per heavy atom. The van der Waals surface area contributed by atoms with Gasteiger partial charge in [-0.3, -0.25) is 0 Å². The second-order valence-electron chi connectivity index (χ2n) is 6.06. The van der Waals surface area contributed by atoms with E-state index in [9.17, 15) is 4.39 Å². The van der Waals surface area contributed by atoms with Gasteiger partial charge in [0.1, 0.15) is 17.3 Å². The van der Waals surface area contributed by atoms with Crippen LogP contribution in [-0.2, 0) is 0 Å². The lowest BCUT2D eigenvalue weighted by atomic mass is 10.1. The van der Waals surface area contributed by atoms with Crippen LogP contribution in [0.15, 0.2) is 41.4 Å². The van der Waals surface area contributed by atoms with Gasteiger partial charge in [0.25, 0.3) is 0 Å². The zero-order chi connectivity index (χ0) is 16.7. The van der Waals surface area contributed by atoms with Crippen LogP contribution in [0.2, 0.25) is 5.02 Å². The minimum Gasteiger partial charge on any atom is -0.451 e. The van der Waals surface area contributed by atoms with Gasteiger partial charge in [0.15, 0.2) is 11.6 Å². The first kappa shape index (κ1) is 15.4. The summed E-state index contributed by atoms with van der Waals surface area (Å²) in [6.07, 6.45) is 0. The first-order chi connectivity index (χ1) is 11.6. The molecule has 2 aromatic rings. The Morgan fingerprint density at radius 3 is 2.71 bits per heavy atom. The number of fused-ring (bicyclic) bond motifs is 2. The summed E-state index contributed by atoms with van der Waals surface area (Å²) in [6, 6.07) is 10.1. The van der Waals surface area contributed by atoms with Crippen LogP contribution in [0, 0.1) is 5.82 Å². The Hall–Kier alpha value is -2.11. The quantitative estimate of drug-likeness (QED) is 0.724. The summed E-state index contributed by atoms with van der Waals surface area (Å²) in [7, 11) is 2.10. The molecule has 0 amide bonds. The van der Waals surface area contributed by atoms with Crippen LogP contribution in [0.25, 0.3) is 0 Å². The van der Waals surface area contributed by atoms with Crippen molar-refractivity contribution in [2.24, 2.45) is 4.99 Å². The largest absolute Gasteiger partial charge is 0.451 e. The number of aliphatic imine (C=N–C) groups is 1. The van der Waals surface area contributed by atoms with Crippen molar-refractivity contribution in [3.05, 3.63) is 52.8 Å². The highest BCUT2D eigenvalue weighted by molar-refractivity contribution is 6.31.